The Labute approximate surface area is 235 Å². The van der Waals surface area contributed by atoms with Gasteiger partial charge in [-0.15, -0.1) is 0 Å². The number of fused-ring (bicyclic) bond motifs is 2. The number of rotatable bonds is 9. The average Bonchev–Trinajstić information content (AvgIpc) is 2.96. The van der Waals surface area contributed by atoms with E-state index in [1.807, 2.05) is 66.4 Å². The topological polar surface area (TPSA) is 85.0 Å². The van der Waals surface area contributed by atoms with Crippen molar-refractivity contribution in [1.29, 1.82) is 0 Å². The van der Waals surface area contributed by atoms with Gasteiger partial charge in [0.1, 0.15) is 17.1 Å². The Balaban J connectivity index is 1.51. The van der Waals surface area contributed by atoms with Crippen molar-refractivity contribution < 1.29 is 19.4 Å². The molecule has 0 saturated carbocycles. The SMILES string of the molecule is COCCCC[C@@]1(O)c2c(Oc3c(C)cccc3Cl)cccc2[C@]12CCCN(C(=O)c1ccc(CN)cc1)C2. The Bertz CT molecular complexity index is 1320. The molecule has 2 atom stereocenters. The minimum atomic E-state index is -1.15. The van der Waals surface area contributed by atoms with Gasteiger partial charge >= 0.3 is 0 Å². The molecule has 3 N–H and O–H groups in total. The maximum Gasteiger partial charge on any atom is 0.253 e. The summed E-state index contributed by atoms with van der Waals surface area (Å²) in [5.41, 5.74) is 8.43. The van der Waals surface area contributed by atoms with E-state index >= 15 is 0 Å². The van der Waals surface area contributed by atoms with Gasteiger partial charge in [0.05, 0.1) is 5.02 Å². The molecule has 7 heteroatoms. The number of hydrogen-bond acceptors (Lipinski definition) is 5. The summed E-state index contributed by atoms with van der Waals surface area (Å²) in [4.78, 5) is 15.5. The van der Waals surface area contributed by atoms with Crippen LogP contribution in [0.1, 0.15) is 64.7 Å². The number of halogens is 1. The first-order chi connectivity index (χ1) is 18.8. The molecule has 0 unspecified atom stereocenters. The van der Waals surface area contributed by atoms with Crippen molar-refractivity contribution in [2.45, 2.75) is 56.6 Å². The van der Waals surface area contributed by atoms with Crippen LogP contribution >= 0.6 is 11.6 Å². The molecular weight excluding hydrogens is 512 g/mol. The van der Waals surface area contributed by atoms with E-state index in [0.29, 0.717) is 54.7 Å². The van der Waals surface area contributed by atoms with Gasteiger partial charge in [-0.3, -0.25) is 4.79 Å². The molecule has 1 amide bonds. The van der Waals surface area contributed by atoms with Crippen molar-refractivity contribution in [1.82, 2.24) is 4.90 Å². The monoisotopic (exact) mass is 548 g/mol. The number of carbonyl (C=O) groups excluding carboxylic acids is 1. The predicted molar refractivity (Wildman–Crippen MR) is 153 cm³/mol. The number of hydrogen-bond donors (Lipinski definition) is 2. The highest BCUT2D eigenvalue weighted by atomic mass is 35.5. The number of amides is 1. The molecule has 1 heterocycles. The van der Waals surface area contributed by atoms with Gasteiger partial charge in [-0.2, -0.15) is 0 Å². The molecule has 1 aliphatic carbocycles. The number of nitrogens with two attached hydrogens (primary N) is 1. The van der Waals surface area contributed by atoms with Gasteiger partial charge in [-0.25, -0.2) is 0 Å². The molecule has 0 aromatic heterocycles. The number of para-hydroxylation sites is 1. The number of likely N-dealkylation sites (tertiary alicyclic amines) is 1. The Hall–Kier alpha value is -2.90. The molecule has 1 aliphatic heterocycles. The van der Waals surface area contributed by atoms with Gasteiger partial charge < -0.3 is 25.2 Å². The van der Waals surface area contributed by atoms with Gasteiger partial charge in [-0.05, 0) is 80.0 Å². The third-order valence-corrected chi connectivity index (χ3v) is 8.77. The van der Waals surface area contributed by atoms with E-state index in [4.69, 9.17) is 26.8 Å². The number of methoxy groups -OCH3 is 1. The first-order valence-electron chi connectivity index (χ1n) is 13.7. The lowest BCUT2D eigenvalue weighted by Gasteiger charge is -2.61. The number of aliphatic hydroxyl groups is 1. The van der Waals surface area contributed by atoms with Crippen LogP contribution < -0.4 is 10.5 Å². The molecule has 0 bridgehead atoms. The lowest BCUT2D eigenvalue weighted by Crippen LogP contribution is -2.66. The summed E-state index contributed by atoms with van der Waals surface area (Å²) in [5.74, 6) is 1.19. The van der Waals surface area contributed by atoms with Crippen molar-refractivity contribution in [2.24, 2.45) is 5.73 Å². The second kappa shape index (κ2) is 11.3. The lowest BCUT2D eigenvalue weighted by atomic mass is 9.48. The summed E-state index contributed by atoms with van der Waals surface area (Å²) in [5, 5.41) is 13.1. The number of aryl methyl sites for hydroxylation is 1. The van der Waals surface area contributed by atoms with Crippen LogP contribution in [0.15, 0.2) is 60.7 Å². The van der Waals surface area contributed by atoms with E-state index in [1.54, 1.807) is 7.11 Å². The van der Waals surface area contributed by atoms with Gasteiger partial charge in [-0.1, -0.05) is 48.0 Å². The number of carbonyl (C=O) groups is 1. The maximum absolute atomic E-state index is 13.6. The molecule has 3 aromatic rings. The average molecular weight is 549 g/mol. The molecule has 206 valence electrons. The smallest absolute Gasteiger partial charge is 0.253 e. The van der Waals surface area contributed by atoms with Crippen LogP contribution in [0.3, 0.4) is 0 Å². The van der Waals surface area contributed by atoms with Crippen molar-refractivity contribution >= 4 is 17.5 Å². The highest BCUT2D eigenvalue weighted by molar-refractivity contribution is 6.32. The largest absolute Gasteiger partial charge is 0.455 e. The fourth-order valence-corrected chi connectivity index (χ4v) is 6.70. The molecule has 1 saturated heterocycles. The molecule has 3 aromatic carbocycles. The first-order valence-corrected chi connectivity index (χ1v) is 14.1. The quantitative estimate of drug-likeness (QED) is 0.316. The van der Waals surface area contributed by atoms with E-state index in [0.717, 1.165) is 47.9 Å². The Morgan fingerprint density at radius 2 is 1.87 bits per heavy atom. The van der Waals surface area contributed by atoms with Crippen LogP contribution in [-0.2, 0) is 22.3 Å². The van der Waals surface area contributed by atoms with Crippen molar-refractivity contribution in [2.75, 3.05) is 26.8 Å². The van der Waals surface area contributed by atoms with E-state index in [1.165, 1.54) is 0 Å². The van der Waals surface area contributed by atoms with Gasteiger partial charge in [0.25, 0.3) is 5.91 Å². The minimum absolute atomic E-state index is 0.0214. The highest BCUT2D eigenvalue weighted by Crippen LogP contribution is 2.63. The third-order valence-electron chi connectivity index (χ3n) is 8.48. The number of piperidine rings is 1. The molecule has 39 heavy (non-hydrogen) atoms. The van der Waals surface area contributed by atoms with Gasteiger partial charge in [0.15, 0.2) is 0 Å². The molecule has 2 aliphatic rings. The summed E-state index contributed by atoms with van der Waals surface area (Å²) in [6.07, 6.45) is 3.79. The lowest BCUT2D eigenvalue weighted by molar-refractivity contribution is -0.112. The number of ether oxygens (including phenoxy) is 2. The number of unbranched alkanes of at least 4 members (excludes halogenated alkanes) is 1. The third kappa shape index (κ3) is 4.84. The van der Waals surface area contributed by atoms with Crippen LogP contribution in [0, 0.1) is 6.92 Å². The van der Waals surface area contributed by atoms with Gasteiger partial charge in [0.2, 0.25) is 0 Å². The van der Waals surface area contributed by atoms with Crippen LogP contribution in [0.2, 0.25) is 5.02 Å². The predicted octanol–water partition coefficient (Wildman–Crippen LogP) is 6.09. The maximum atomic E-state index is 13.6. The van der Waals surface area contributed by atoms with E-state index in [9.17, 15) is 9.90 Å². The fraction of sp³-hybridized carbons (Fsp3) is 0.406. The Kier molecular flexibility index (Phi) is 8.01. The zero-order valence-electron chi connectivity index (χ0n) is 22.7. The highest BCUT2D eigenvalue weighted by Gasteiger charge is 2.64. The van der Waals surface area contributed by atoms with Crippen LogP contribution in [0.4, 0.5) is 0 Å². The van der Waals surface area contributed by atoms with Crippen molar-refractivity contribution in [3.8, 4) is 11.5 Å². The van der Waals surface area contributed by atoms with E-state index in [2.05, 4.69) is 6.07 Å². The van der Waals surface area contributed by atoms with Crippen LogP contribution in [-0.4, -0.2) is 42.7 Å². The molecule has 5 rings (SSSR count). The molecular formula is C32H37ClN2O4. The molecule has 6 nitrogen and oxygen atoms in total. The number of benzene rings is 3. The second-order valence-corrected chi connectivity index (χ2v) is 11.2. The standard InChI is InChI=1S/C32H37ClN2O4/c1-22-8-5-10-26(33)29(22)39-27-11-6-9-25-28(27)32(37,17-3-4-19-38-2)31(25)16-7-18-35(21-31)30(36)24-14-12-23(20-34)13-15-24/h5-6,8-15,37H,3-4,7,16-21,34H2,1-2H3/t31-,32-/m1/s1. The Morgan fingerprint density at radius 3 is 2.59 bits per heavy atom. The summed E-state index contributed by atoms with van der Waals surface area (Å²) < 4.78 is 11.7. The van der Waals surface area contributed by atoms with Crippen LogP contribution in [0.5, 0.6) is 11.5 Å². The summed E-state index contributed by atoms with van der Waals surface area (Å²) in [6, 6.07) is 19.1. The van der Waals surface area contributed by atoms with Crippen molar-refractivity contribution in [3.63, 3.8) is 0 Å². The normalized spacial score (nSPS) is 21.9. The second-order valence-electron chi connectivity index (χ2n) is 10.8. The number of nitrogens with zero attached hydrogens (tertiary/aromatic N) is 1. The van der Waals surface area contributed by atoms with Crippen molar-refractivity contribution in [3.05, 3.63) is 93.5 Å². The Morgan fingerprint density at radius 1 is 1.10 bits per heavy atom. The fourth-order valence-electron chi connectivity index (χ4n) is 6.44. The summed E-state index contributed by atoms with van der Waals surface area (Å²) >= 11 is 6.50. The van der Waals surface area contributed by atoms with Gasteiger partial charge in [0, 0.05) is 49.9 Å². The first kappa shape index (κ1) is 27.7. The molecule has 1 fully saturated rings. The van der Waals surface area contributed by atoms with E-state index in [-0.39, 0.29) is 5.91 Å². The minimum Gasteiger partial charge on any atom is -0.455 e. The summed E-state index contributed by atoms with van der Waals surface area (Å²) in [7, 11) is 1.69. The van der Waals surface area contributed by atoms with E-state index < -0.39 is 11.0 Å². The zero-order valence-corrected chi connectivity index (χ0v) is 23.5. The molecule has 1 spiro atoms. The molecule has 0 radical (unpaired) electrons. The van der Waals surface area contributed by atoms with Crippen LogP contribution in [0.25, 0.3) is 0 Å². The summed E-state index contributed by atoms with van der Waals surface area (Å²) in [6.45, 7) is 4.14. The zero-order chi connectivity index (χ0) is 27.6.